The van der Waals surface area contributed by atoms with E-state index in [1.807, 2.05) is 6.07 Å². The molecule has 2 nitrogen and oxygen atoms in total. The van der Waals surface area contributed by atoms with Crippen LogP contribution in [0.25, 0.3) is 0 Å². The van der Waals surface area contributed by atoms with Gasteiger partial charge in [-0.3, -0.25) is 4.90 Å². The quantitative estimate of drug-likeness (QED) is 0.827. The van der Waals surface area contributed by atoms with Crippen molar-refractivity contribution in [1.29, 1.82) is 0 Å². The third-order valence-corrected chi connectivity index (χ3v) is 4.18. The average molecular weight is 290 g/mol. The lowest BCUT2D eigenvalue weighted by Gasteiger charge is -2.33. The van der Waals surface area contributed by atoms with Gasteiger partial charge in [-0.2, -0.15) is 0 Å². The second kappa shape index (κ2) is 7.71. The van der Waals surface area contributed by atoms with E-state index < -0.39 is 0 Å². The molecular weight excluding hydrogens is 263 g/mol. The van der Waals surface area contributed by atoms with Crippen LogP contribution in [0.5, 0.6) is 0 Å². The molecule has 0 saturated carbocycles. The molecule has 1 aliphatic heterocycles. The Morgan fingerprint density at radius 3 is 2.71 bits per heavy atom. The molecule has 2 rings (SSSR count). The topological polar surface area (TPSA) is 15.3 Å². The van der Waals surface area contributed by atoms with Crippen LogP contribution >= 0.6 is 0 Å². The molecule has 0 aliphatic carbocycles. The SMILES string of the molecule is CC(C)=CCN1CCC(N[C@@H](C)c2cccc(F)c2)CC1. The van der Waals surface area contributed by atoms with Crippen LogP contribution in [0.2, 0.25) is 0 Å². The van der Waals surface area contributed by atoms with Gasteiger partial charge in [0.25, 0.3) is 0 Å². The van der Waals surface area contributed by atoms with Gasteiger partial charge in [0, 0.05) is 18.6 Å². The van der Waals surface area contributed by atoms with Crippen LogP contribution in [0, 0.1) is 5.82 Å². The molecule has 1 aromatic rings. The molecule has 116 valence electrons. The number of rotatable bonds is 5. The molecular formula is C18H27FN2. The summed E-state index contributed by atoms with van der Waals surface area (Å²) in [4.78, 5) is 2.50. The molecule has 0 bridgehead atoms. The van der Waals surface area contributed by atoms with Crippen molar-refractivity contribution in [2.24, 2.45) is 0 Å². The van der Waals surface area contributed by atoms with E-state index in [0.717, 1.165) is 38.0 Å². The molecule has 1 fully saturated rings. The highest BCUT2D eigenvalue weighted by atomic mass is 19.1. The van der Waals surface area contributed by atoms with Gasteiger partial charge in [-0.05, 0) is 64.4 Å². The maximum absolute atomic E-state index is 13.3. The van der Waals surface area contributed by atoms with Crippen molar-refractivity contribution in [3.8, 4) is 0 Å². The van der Waals surface area contributed by atoms with Gasteiger partial charge in [-0.15, -0.1) is 0 Å². The number of allylic oxidation sites excluding steroid dienone is 1. The van der Waals surface area contributed by atoms with Crippen LogP contribution in [0.4, 0.5) is 4.39 Å². The van der Waals surface area contributed by atoms with Crippen molar-refractivity contribution >= 4 is 0 Å². The van der Waals surface area contributed by atoms with Gasteiger partial charge >= 0.3 is 0 Å². The van der Waals surface area contributed by atoms with Crippen LogP contribution in [-0.2, 0) is 0 Å². The highest BCUT2D eigenvalue weighted by Gasteiger charge is 2.20. The number of nitrogens with zero attached hydrogens (tertiary/aromatic N) is 1. The van der Waals surface area contributed by atoms with Crippen molar-refractivity contribution in [2.75, 3.05) is 19.6 Å². The summed E-state index contributed by atoms with van der Waals surface area (Å²) in [5, 5.41) is 3.64. The van der Waals surface area contributed by atoms with E-state index >= 15 is 0 Å². The van der Waals surface area contributed by atoms with E-state index in [4.69, 9.17) is 0 Å². The molecule has 0 radical (unpaired) electrons. The number of benzene rings is 1. The molecule has 1 aliphatic rings. The summed E-state index contributed by atoms with van der Waals surface area (Å²) in [6, 6.07) is 7.64. The lowest BCUT2D eigenvalue weighted by atomic mass is 10.0. The fourth-order valence-electron chi connectivity index (χ4n) is 2.82. The summed E-state index contributed by atoms with van der Waals surface area (Å²) in [7, 11) is 0. The molecule has 1 heterocycles. The van der Waals surface area contributed by atoms with E-state index in [-0.39, 0.29) is 11.9 Å². The van der Waals surface area contributed by atoms with Crippen molar-refractivity contribution in [3.63, 3.8) is 0 Å². The number of hydrogen-bond donors (Lipinski definition) is 1. The summed E-state index contributed by atoms with van der Waals surface area (Å²) in [5.74, 6) is -0.155. The summed E-state index contributed by atoms with van der Waals surface area (Å²) >= 11 is 0. The van der Waals surface area contributed by atoms with E-state index in [1.54, 1.807) is 12.1 Å². The zero-order chi connectivity index (χ0) is 15.2. The number of nitrogens with one attached hydrogen (secondary N) is 1. The minimum atomic E-state index is -0.155. The van der Waals surface area contributed by atoms with E-state index in [0.29, 0.717) is 6.04 Å². The van der Waals surface area contributed by atoms with Gasteiger partial charge in [-0.25, -0.2) is 4.39 Å². The largest absolute Gasteiger partial charge is 0.307 e. The third kappa shape index (κ3) is 5.25. The molecule has 1 aromatic carbocycles. The van der Waals surface area contributed by atoms with E-state index in [2.05, 4.69) is 37.1 Å². The summed E-state index contributed by atoms with van der Waals surface area (Å²) < 4.78 is 13.3. The predicted molar refractivity (Wildman–Crippen MR) is 86.8 cm³/mol. The van der Waals surface area contributed by atoms with Crippen LogP contribution < -0.4 is 5.32 Å². The molecule has 1 saturated heterocycles. The average Bonchev–Trinajstić information content (AvgIpc) is 2.46. The van der Waals surface area contributed by atoms with Gasteiger partial charge in [0.15, 0.2) is 0 Å². The Morgan fingerprint density at radius 1 is 1.38 bits per heavy atom. The number of piperidine rings is 1. The van der Waals surface area contributed by atoms with Gasteiger partial charge in [0.1, 0.15) is 5.82 Å². The smallest absolute Gasteiger partial charge is 0.123 e. The second-order valence-electron chi connectivity index (χ2n) is 6.30. The van der Waals surface area contributed by atoms with Gasteiger partial charge < -0.3 is 5.32 Å². The van der Waals surface area contributed by atoms with Crippen LogP contribution in [-0.4, -0.2) is 30.6 Å². The monoisotopic (exact) mass is 290 g/mol. The summed E-state index contributed by atoms with van der Waals surface area (Å²) in [5.41, 5.74) is 2.41. The highest BCUT2D eigenvalue weighted by Crippen LogP contribution is 2.18. The molecule has 0 aromatic heterocycles. The zero-order valence-electron chi connectivity index (χ0n) is 13.4. The maximum atomic E-state index is 13.3. The van der Waals surface area contributed by atoms with Crippen molar-refractivity contribution < 1.29 is 4.39 Å². The van der Waals surface area contributed by atoms with Gasteiger partial charge in [0.2, 0.25) is 0 Å². The standard InChI is InChI=1S/C18H27FN2/c1-14(2)7-10-21-11-8-18(9-12-21)20-15(3)16-5-4-6-17(19)13-16/h4-7,13,15,18,20H,8-12H2,1-3H3/t15-/m0/s1. The van der Waals surface area contributed by atoms with Gasteiger partial charge in [-0.1, -0.05) is 23.8 Å². The highest BCUT2D eigenvalue weighted by molar-refractivity contribution is 5.19. The van der Waals surface area contributed by atoms with Crippen LogP contribution in [0.1, 0.15) is 45.2 Å². The number of likely N-dealkylation sites (tertiary alicyclic amines) is 1. The van der Waals surface area contributed by atoms with Crippen LogP contribution in [0.15, 0.2) is 35.9 Å². The molecule has 3 heteroatoms. The first kappa shape index (κ1) is 16.2. The summed E-state index contributed by atoms with van der Waals surface area (Å²) in [6.07, 6.45) is 4.62. The van der Waals surface area contributed by atoms with Crippen molar-refractivity contribution in [3.05, 3.63) is 47.3 Å². The normalized spacial score (nSPS) is 18.5. The first-order valence-electron chi connectivity index (χ1n) is 7.92. The lowest BCUT2D eigenvalue weighted by Crippen LogP contribution is -2.43. The Hall–Kier alpha value is -1.19. The Balaban J connectivity index is 1.79. The number of halogens is 1. The Kier molecular flexibility index (Phi) is 5.95. The van der Waals surface area contributed by atoms with Crippen molar-refractivity contribution in [2.45, 2.75) is 45.7 Å². The Bertz CT molecular complexity index is 472. The molecule has 0 amide bonds. The lowest BCUT2D eigenvalue weighted by molar-refractivity contribution is 0.208. The molecule has 0 unspecified atom stereocenters. The fourth-order valence-corrected chi connectivity index (χ4v) is 2.82. The summed E-state index contributed by atoms with van der Waals surface area (Å²) in [6.45, 7) is 9.75. The molecule has 0 spiro atoms. The predicted octanol–water partition coefficient (Wildman–Crippen LogP) is 3.91. The molecule has 1 atom stereocenters. The van der Waals surface area contributed by atoms with Gasteiger partial charge in [0.05, 0.1) is 0 Å². The number of hydrogen-bond acceptors (Lipinski definition) is 2. The van der Waals surface area contributed by atoms with Crippen LogP contribution in [0.3, 0.4) is 0 Å². The van der Waals surface area contributed by atoms with E-state index in [9.17, 15) is 4.39 Å². The minimum Gasteiger partial charge on any atom is -0.307 e. The first-order chi connectivity index (χ1) is 10.0. The minimum absolute atomic E-state index is 0.155. The third-order valence-electron chi connectivity index (χ3n) is 4.18. The second-order valence-corrected chi connectivity index (χ2v) is 6.30. The molecule has 21 heavy (non-hydrogen) atoms. The maximum Gasteiger partial charge on any atom is 0.123 e. The zero-order valence-corrected chi connectivity index (χ0v) is 13.4. The van der Waals surface area contributed by atoms with E-state index in [1.165, 1.54) is 11.6 Å². The first-order valence-corrected chi connectivity index (χ1v) is 7.92. The molecule has 1 N–H and O–H groups in total. The fraction of sp³-hybridized carbons (Fsp3) is 0.556. The van der Waals surface area contributed by atoms with Crippen molar-refractivity contribution in [1.82, 2.24) is 10.2 Å². The Morgan fingerprint density at radius 2 is 2.10 bits per heavy atom. The Labute approximate surface area is 128 Å².